The highest BCUT2D eigenvalue weighted by molar-refractivity contribution is 5.92. The summed E-state index contributed by atoms with van der Waals surface area (Å²) in [6.07, 6.45) is 1.07. The summed E-state index contributed by atoms with van der Waals surface area (Å²) in [5.74, 6) is -1.49. The van der Waals surface area contributed by atoms with Gasteiger partial charge in [-0.1, -0.05) is 0 Å². The van der Waals surface area contributed by atoms with E-state index in [4.69, 9.17) is 9.84 Å². The molecule has 1 aliphatic heterocycles. The highest BCUT2D eigenvalue weighted by Gasteiger charge is 2.34. The average Bonchev–Trinajstić information content (AvgIpc) is 2.91. The number of benzene rings is 1. The van der Waals surface area contributed by atoms with E-state index in [9.17, 15) is 14.0 Å². The number of carbonyl (C=O) groups is 2. The molecule has 6 nitrogen and oxygen atoms in total. The summed E-state index contributed by atoms with van der Waals surface area (Å²) in [6.45, 7) is 2.47. The number of nitrogens with zero attached hydrogens (tertiary/aromatic N) is 1. The average molecular weight is 296 g/mol. The lowest BCUT2D eigenvalue weighted by Crippen LogP contribution is -2.42. The summed E-state index contributed by atoms with van der Waals surface area (Å²) in [4.78, 5) is 24.3. The Morgan fingerprint density at radius 1 is 1.52 bits per heavy atom. The number of amides is 2. The number of halogens is 1. The molecule has 0 saturated carbocycles. The molecule has 0 bridgehead atoms. The predicted molar refractivity (Wildman–Crippen MR) is 74.0 cm³/mol. The second-order valence-corrected chi connectivity index (χ2v) is 4.70. The number of rotatable bonds is 4. The van der Waals surface area contributed by atoms with Crippen LogP contribution in [0.1, 0.15) is 19.8 Å². The minimum atomic E-state index is -1.03. The Bertz CT molecular complexity index is 550. The number of ether oxygens (including phenoxy) is 1. The normalized spacial score (nSPS) is 17.6. The highest BCUT2D eigenvalue weighted by Crippen LogP contribution is 2.23. The number of likely N-dealkylation sites (tertiary alicyclic amines) is 1. The highest BCUT2D eigenvalue weighted by atomic mass is 19.1. The molecule has 1 aliphatic rings. The van der Waals surface area contributed by atoms with Crippen LogP contribution in [0.5, 0.6) is 5.75 Å². The number of anilines is 1. The number of carboxylic acids is 1. The smallest absolute Gasteiger partial charge is 0.326 e. The number of carbonyl (C=O) groups excluding carboxylic acids is 1. The van der Waals surface area contributed by atoms with Crippen molar-refractivity contribution in [1.82, 2.24) is 4.90 Å². The minimum Gasteiger partial charge on any atom is -0.491 e. The van der Waals surface area contributed by atoms with Crippen LogP contribution in [-0.4, -0.2) is 41.2 Å². The van der Waals surface area contributed by atoms with E-state index in [-0.39, 0.29) is 11.4 Å². The summed E-state index contributed by atoms with van der Waals surface area (Å²) in [5.41, 5.74) is 0.261. The summed E-state index contributed by atoms with van der Waals surface area (Å²) < 4.78 is 18.8. The number of aliphatic carboxylic acids is 1. The topological polar surface area (TPSA) is 78.9 Å². The molecule has 1 fully saturated rings. The maximum atomic E-state index is 13.7. The van der Waals surface area contributed by atoms with Gasteiger partial charge in [-0.2, -0.15) is 0 Å². The fourth-order valence-corrected chi connectivity index (χ4v) is 2.31. The van der Waals surface area contributed by atoms with E-state index >= 15 is 0 Å². The molecule has 7 heteroatoms. The van der Waals surface area contributed by atoms with Crippen LogP contribution in [-0.2, 0) is 4.79 Å². The van der Waals surface area contributed by atoms with Crippen LogP contribution in [0.15, 0.2) is 18.2 Å². The number of nitrogens with one attached hydrogen (secondary N) is 1. The Morgan fingerprint density at radius 2 is 2.29 bits per heavy atom. The molecule has 0 spiro atoms. The number of carboxylic acid groups (broad SMARTS) is 1. The van der Waals surface area contributed by atoms with E-state index in [1.54, 1.807) is 6.92 Å². The van der Waals surface area contributed by atoms with E-state index in [0.29, 0.717) is 26.0 Å². The summed E-state index contributed by atoms with van der Waals surface area (Å²) >= 11 is 0. The SMILES string of the molecule is CCOc1ccc(NC(=O)N2CCCC2C(=O)O)cc1F. The van der Waals surface area contributed by atoms with E-state index in [1.807, 2.05) is 0 Å². The van der Waals surface area contributed by atoms with Crippen molar-refractivity contribution in [2.45, 2.75) is 25.8 Å². The van der Waals surface area contributed by atoms with Gasteiger partial charge in [0.1, 0.15) is 6.04 Å². The zero-order chi connectivity index (χ0) is 15.4. The van der Waals surface area contributed by atoms with Gasteiger partial charge in [-0.05, 0) is 31.9 Å². The van der Waals surface area contributed by atoms with Gasteiger partial charge in [-0.3, -0.25) is 0 Å². The third kappa shape index (κ3) is 3.42. The van der Waals surface area contributed by atoms with Crippen molar-refractivity contribution in [3.05, 3.63) is 24.0 Å². The van der Waals surface area contributed by atoms with Gasteiger partial charge in [0.25, 0.3) is 0 Å². The van der Waals surface area contributed by atoms with E-state index in [2.05, 4.69) is 5.32 Å². The van der Waals surface area contributed by atoms with Gasteiger partial charge in [-0.25, -0.2) is 14.0 Å². The molecule has 114 valence electrons. The molecule has 1 unspecified atom stereocenters. The molecular formula is C14H17FN2O4. The van der Waals surface area contributed by atoms with Gasteiger partial charge in [0.2, 0.25) is 0 Å². The van der Waals surface area contributed by atoms with Crippen LogP contribution in [0.2, 0.25) is 0 Å². The second-order valence-electron chi connectivity index (χ2n) is 4.70. The van der Waals surface area contributed by atoms with Crippen molar-refractivity contribution in [2.24, 2.45) is 0 Å². The standard InChI is InChI=1S/C14H17FN2O4/c1-2-21-12-6-5-9(8-10(12)15)16-14(20)17-7-3-4-11(17)13(18)19/h5-6,8,11H,2-4,7H2,1H3,(H,16,20)(H,18,19). The van der Waals surface area contributed by atoms with Crippen molar-refractivity contribution in [3.8, 4) is 5.75 Å². The van der Waals surface area contributed by atoms with Crippen LogP contribution in [0.3, 0.4) is 0 Å². The fourth-order valence-electron chi connectivity index (χ4n) is 2.31. The zero-order valence-corrected chi connectivity index (χ0v) is 11.6. The molecule has 1 heterocycles. The Labute approximate surface area is 121 Å². The van der Waals surface area contributed by atoms with Crippen LogP contribution in [0.25, 0.3) is 0 Å². The first kappa shape index (κ1) is 15.1. The monoisotopic (exact) mass is 296 g/mol. The first-order valence-electron chi connectivity index (χ1n) is 6.75. The molecule has 0 radical (unpaired) electrons. The lowest BCUT2D eigenvalue weighted by Gasteiger charge is -2.21. The summed E-state index contributed by atoms with van der Waals surface area (Å²) in [6, 6.07) is 2.72. The largest absolute Gasteiger partial charge is 0.491 e. The zero-order valence-electron chi connectivity index (χ0n) is 11.6. The second kappa shape index (κ2) is 6.43. The molecular weight excluding hydrogens is 279 g/mol. The van der Waals surface area contributed by atoms with Crippen LogP contribution >= 0.6 is 0 Å². The Balaban J connectivity index is 2.06. The van der Waals surface area contributed by atoms with Crippen molar-refractivity contribution in [2.75, 3.05) is 18.5 Å². The van der Waals surface area contributed by atoms with Crippen molar-refractivity contribution >= 4 is 17.7 Å². The summed E-state index contributed by atoms with van der Waals surface area (Å²) in [5, 5.41) is 11.5. The van der Waals surface area contributed by atoms with Crippen LogP contribution in [0, 0.1) is 5.82 Å². The molecule has 2 N–H and O–H groups in total. The van der Waals surface area contributed by atoms with E-state index in [0.717, 1.165) is 6.07 Å². The third-order valence-electron chi connectivity index (χ3n) is 3.28. The van der Waals surface area contributed by atoms with Gasteiger partial charge < -0.3 is 20.1 Å². The fraction of sp³-hybridized carbons (Fsp3) is 0.429. The quantitative estimate of drug-likeness (QED) is 0.893. The molecule has 1 saturated heterocycles. The first-order valence-corrected chi connectivity index (χ1v) is 6.75. The molecule has 2 amide bonds. The first-order chi connectivity index (χ1) is 10.0. The van der Waals surface area contributed by atoms with Gasteiger partial charge in [0.05, 0.1) is 6.61 Å². The van der Waals surface area contributed by atoms with Crippen molar-refractivity contribution in [1.29, 1.82) is 0 Å². The van der Waals surface area contributed by atoms with Crippen molar-refractivity contribution < 1.29 is 23.8 Å². The lowest BCUT2D eigenvalue weighted by molar-refractivity contribution is -0.141. The molecule has 0 aliphatic carbocycles. The van der Waals surface area contributed by atoms with Crippen LogP contribution in [0.4, 0.5) is 14.9 Å². The Kier molecular flexibility index (Phi) is 4.62. The summed E-state index contributed by atoms with van der Waals surface area (Å²) in [7, 11) is 0. The Hall–Kier alpha value is -2.31. The molecule has 1 aromatic rings. The van der Waals surface area contributed by atoms with Crippen molar-refractivity contribution in [3.63, 3.8) is 0 Å². The lowest BCUT2D eigenvalue weighted by atomic mass is 10.2. The molecule has 1 aromatic carbocycles. The van der Waals surface area contributed by atoms with E-state index < -0.39 is 23.9 Å². The maximum absolute atomic E-state index is 13.7. The van der Waals surface area contributed by atoms with E-state index in [1.165, 1.54) is 17.0 Å². The molecule has 0 aromatic heterocycles. The van der Waals surface area contributed by atoms with Gasteiger partial charge in [0.15, 0.2) is 11.6 Å². The number of hydrogen-bond acceptors (Lipinski definition) is 3. The third-order valence-corrected chi connectivity index (χ3v) is 3.28. The maximum Gasteiger partial charge on any atom is 0.326 e. The Morgan fingerprint density at radius 3 is 2.90 bits per heavy atom. The molecule has 21 heavy (non-hydrogen) atoms. The molecule has 2 rings (SSSR count). The molecule has 1 atom stereocenters. The van der Waals surface area contributed by atoms with Gasteiger partial charge in [0, 0.05) is 18.3 Å². The minimum absolute atomic E-state index is 0.111. The van der Waals surface area contributed by atoms with Gasteiger partial charge >= 0.3 is 12.0 Å². The predicted octanol–water partition coefficient (Wildman–Crippen LogP) is 2.31. The number of hydrogen-bond donors (Lipinski definition) is 2. The number of urea groups is 1. The van der Waals surface area contributed by atoms with Crippen LogP contribution < -0.4 is 10.1 Å². The van der Waals surface area contributed by atoms with Gasteiger partial charge in [-0.15, -0.1) is 0 Å².